The summed E-state index contributed by atoms with van der Waals surface area (Å²) < 4.78 is 5.22. The highest BCUT2D eigenvalue weighted by atomic mass is 32.2. The number of benzene rings is 2. The van der Waals surface area contributed by atoms with Crippen LogP contribution in [0.15, 0.2) is 64.4 Å². The van der Waals surface area contributed by atoms with Gasteiger partial charge in [-0.2, -0.15) is 0 Å². The number of carbonyl (C=O) groups excluding carboxylic acids is 2. The number of ether oxygens (including phenoxy) is 1. The molecule has 0 N–H and O–H groups in total. The molecule has 0 spiro atoms. The minimum absolute atomic E-state index is 0.193. The van der Waals surface area contributed by atoms with Gasteiger partial charge in [-0.15, -0.1) is 0 Å². The van der Waals surface area contributed by atoms with Gasteiger partial charge in [0.15, 0.2) is 0 Å². The molecule has 2 aromatic rings. The zero-order valence-corrected chi connectivity index (χ0v) is 17.1. The minimum Gasteiger partial charge on any atom is -0.497 e. The molecule has 2 aromatic carbocycles. The van der Waals surface area contributed by atoms with E-state index in [4.69, 9.17) is 4.74 Å². The van der Waals surface area contributed by atoms with Gasteiger partial charge in [-0.3, -0.25) is 14.5 Å². The molecule has 28 heavy (non-hydrogen) atoms. The standard InChI is InChI=1S/C23H25NO3S/c1-3-4-5-9-16-24-22(25)20(17-12-14-18(27-2)15-13-17)21(23(24)26)28-19-10-7-6-8-11-19/h6-8,10-15H,3-5,9,16H2,1-2H3. The summed E-state index contributed by atoms with van der Waals surface area (Å²) in [6.45, 7) is 2.61. The first-order valence-electron chi connectivity index (χ1n) is 9.63. The summed E-state index contributed by atoms with van der Waals surface area (Å²) in [7, 11) is 1.60. The Morgan fingerprint density at radius 1 is 0.893 bits per heavy atom. The molecule has 2 amide bonds. The smallest absolute Gasteiger partial charge is 0.268 e. The first-order valence-corrected chi connectivity index (χ1v) is 10.4. The average molecular weight is 396 g/mol. The predicted molar refractivity (Wildman–Crippen MR) is 113 cm³/mol. The van der Waals surface area contributed by atoms with Crippen LogP contribution in [0.4, 0.5) is 0 Å². The van der Waals surface area contributed by atoms with Crippen molar-refractivity contribution in [2.45, 2.75) is 37.5 Å². The third-order valence-corrected chi connectivity index (χ3v) is 5.79. The highest BCUT2D eigenvalue weighted by Crippen LogP contribution is 2.40. The van der Waals surface area contributed by atoms with Crippen molar-refractivity contribution >= 4 is 29.1 Å². The lowest BCUT2D eigenvalue weighted by Crippen LogP contribution is -2.32. The van der Waals surface area contributed by atoms with Crippen molar-refractivity contribution in [3.63, 3.8) is 0 Å². The Labute approximate surface area is 170 Å². The zero-order valence-electron chi connectivity index (χ0n) is 16.3. The molecule has 0 radical (unpaired) electrons. The van der Waals surface area contributed by atoms with Crippen LogP contribution in [0, 0.1) is 0 Å². The zero-order chi connectivity index (χ0) is 19.9. The molecule has 0 aliphatic carbocycles. The van der Waals surface area contributed by atoms with Gasteiger partial charge in [-0.1, -0.05) is 68.3 Å². The van der Waals surface area contributed by atoms with E-state index < -0.39 is 0 Å². The SMILES string of the molecule is CCCCCCN1C(=O)C(Sc2ccccc2)=C(c2ccc(OC)cc2)C1=O. The second-order valence-electron chi connectivity index (χ2n) is 6.67. The maximum atomic E-state index is 13.1. The lowest BCUT2D eigenvalue weighted by molar-refractivity contribution is -0.136. The van der Waals surface area contributed by atoms with Gasteiger partial charge in [-0.05, 0) is 36.2 Å². The van der Waals surface area contributed by atoms with Gasteiger partial charge in [-0.25, -0.2) is 0 Å². The van der Waals surface area contributed by atoms with Gasteiger partial charge >= 0.3 is 0 Å². The van der Waals surface area contributed by atoms with Crippen LogP contribution in [0.2, 0.25) is 0 Å². The third-order valence-electron chi connectivity index (χ3n) is 4.70. The maximum Gasteiger partial charge on any atom is 0.268 e. The number of carbonyl (C=O) groups is 2. The Hall–Kier alpha value is -2.53. The number of hydrogen-bond acceptors (Lipinski definition) is 4. The second-order valence-corrected chi connectivity index (χ2v) is 7.75. The molecule has 3 rings (SSSR count). The first kappa shape index (κ1) is 20.2. The number of hydrogen-bond donors (Lipinski definition) is 0. The molecule has 0 saturated carbocycles. The Bertz CT molecular complexity index is 859. The third kappa shape index (κ3) is 4.47. The van der Waals surface area contributed by atoms with Crippen molar-refractivity contribution in [1.82, 2.24) is 4.90 Å². The van der Waals surface area contributed by atoms with Crippen LogP contribution >= 0.6 is 11.8 Å². The Morgan fingerprint density at radius 2 is 1.61 bits per heavy atom. The number of rotatable bonds is 9. The summed E-state index contributed by atoms with van der Waals surface area (Å²) in [5.41, 5.74) is 1.23. The summed E-state index contributed by atoms with van der Waals surface area (Å²) in [4.78, 5) is 29.1. The van der Waals surface area contributed by atoms with Crippen molar-refractivity contribution < 1.29 is 14.3 Å². The van der Waals surface area contributed by atoms with E-state index in [9.17, 15) is 9.59 Å². The van der Waals surface area contributed by atoms with E-state index in [2.05, 4.69) is 6.92 Å². The topological polar surface area (TPSA) is 46.6 Å². The molecule has 0 atom stereocenters. The minimum atomic E-state index is -0.204. The van der Waals surface area contributed by atoms with Gasteiger partial charge < -0.3 is 4.74 Å². The molecule has 0 fully saturated rings. The monoisotopic (exact) mass is 395 g/mol. The molecular weight excluding hydrogens is 370 g/mol. The van der Waals surface area contributed by atoms with Gasteiger partial charge in [0.2, 0.25) is 0 Å². The molecule has 1 aliphatic rings. The molecule has 1 aliphatic heterocycles. The van der Waals surface area contributed by atoms with Crippen LogP contribution in [-0.2, 0) is 9.59 Å². The number of imide groups is 1. The average Bonchev–Trinajstić information content (AvgIpc) is 2.96. The molecule has 0 unspecified atom stereocenters. The fourth-order valence-corrected chi connectivity index (χ4v) is 4.20. The van der Waals surface area contributed by atoms with E-state index in [0.717, 1.165) is 41.9 Å². The molecule has 1 heterocycles. The molecule has 146 valence electrons. The number of unbranched alkanes of at least 4 members (excludes halogenated alkanes) is 3. The Balaban J connectivity index is 1.92. The van der Waals surface area contributed by atoms with Crippen molar-refractivity contribution in [3.05, 3.63) is 65.1 Å². The number of amides is 2. The van der Waals surface area contributed by atoms with E-state index in [-0.39, 0.29) is 11.8 Å². The van der Waals surface area contributed by atoms with Crippen molar-refractivity contribution in [2.24, 2.45) is 0 Å². The highest BCUT2D eigenvalue weighted by Gasteiger charge is 2.39. The maximum absolute atomic E-state index is 13.1. The molecule has 4 nitrogen and oxygen atoms in total. The summed E-state index contributed by atoms with van der Waals surface area (Å²) in [6.07, 6.45) is 4.09. The Kier molecular flexibility index (Phi) is 6.93. The van der Waals surface area contributed by atoms with Crippen molar-refractivity contribution in [1.29, 1.82) is 0 Å². The lowest BCUT2D eigenvalue weighted by atomic mass is 10.1. The normalized spacial score (nSPS) is 14.1. The summed E-state index contributed by atoms with van der Waals surface area (Å²) in [5.74, 6) is 0.320. The van der Waals surface area contributed by atoms with Crippen LogP contribution in [-0.4, -0.2) is 30.4 Å². The van der Waals surface area contributed by atoms with Crippen LogP contribution < -0.4 is 4.74 Å². The quantitative estimate of drug-likeness (QED) is 0.435. The van der Waals surface area contributed by atoms with Crippen molar-refractivity contribution in [2.75, 3.05) is 13.7 Å². The van der Waals surface area contributed by atoms with Gasteiger partial charge in [0, 0.05) is 11.4 Å². The van der Waals surface area contributed by atoms with Crippen LogP contribution in [0.5, 0.6) is 5.75 Å². The number of thioether (sulfide) groups is 1. The fraction of sp³-hybridized carbons (Fsp3) is 0.304. The fourth-order valence-electron chi connectivity index (χ4n) is 3.17. The van der Waals surface area contributed by atoms with E-state index >= 15 is 0 Å². The van der Waals surface area contributed by atoms with Crippen LogP contribution in [0.3, 0.4) is 0 Å². The van der Waals surface area contributed by atoms with Gasteiger partial charge in [0.1, 0.15) is 5.75 Å². The first-order chi connectivity index (χ1) is 13.7. The van der Waals surface area contributed by atoms with E-state index in [1.54, 1.807) is 7.11 Å². The Morgan fingerprint density at radius 3 is 2.25 bits per heavy atom. The molecule has 0 saturated heterocycles. The molecular formula is C23H25NO3S. The summed E-state index contributed by atoms with van der Waals surface area (Å²) >= 11 is 1.36. The predicted octanol–water partition coefficient (Wildman–Crippen LogP) is 5.15. The second kappa shape index (κ2) is 9.60. The van der Waals surface area contributed by atoms with Crippen LogP contribution in [0.25, 0.3) is 5.57 Å². The number of nitrogens with zero attached hydrogens (tertiary/aromatic N) is 1. The summed E-state index contributed by atoms with van der Waals surface area (Å²) in [6, 6.07) is 17.0. The molecule has 5 heteroatoms. The number of methoxy groups -OCH3 is 1. The van der Waals surface area contributed by atoms with Crippen LogP contribution in [0.1, 0.15) is 38.2 Å². The van der Waals surface area contributed by atoms with E-state index in [1.165, 1.54) is 16.7 Å². The molecule has 0 aromatic heterocycles. The highest BCUT2D eigenvalue weighted by molar-refractivity contribution is 8.04. The molecule has 0 bridgehead atoms. The van der Waals surface area contributed by atoms with Gasteiger partial charge in [0.05, 0.1) is 17.6 Å². The van der Waals surface area contributed by atoms with E-state index in [0.29, 0.717) is 17.0 Å². The van der Waals surface area contributed by atoms with Crippen molar-refractivity contribution in [3.8, 4) is 5.75 Å². The largest absolute Gasteiger partial charge is 0.497 e. The summed E-state index contributed by atoms with van der Waals surface area (Å²) in [5, 5.41) is 0. The van der Waals surface area contributed by atoms with Gasteiger partial charge in [0.25, 0.3) is 11.8 Å². The lowest BCUT2D eigenvalue weighted by Gasteiger charge is -2.15. The van der Waals surface area contributed by atoms with E-state index in [1.807, 2.05) is 54.6 Å².